The van der Waals surface area contributed by atoms with Gasteiger partial charge in [-0.25, -0.2) is 4.79 Å². The average Bonchev–Trinajstić information content (AvgIpc) is 2.92. The molecular formula is C27H23N3O3S2. The molecule has 1 saturated heterocycles. The summed E-state index contributed by atoms with van der Waals surface area (Å²) in [6.45, 7) is 0. The molecule has 2 aliphatic rings. The zero-order valence-electron chi connectivity index (χ0n) is 18.7. The van der Waals surface area contributed by atoms with Gasteiger partial charge in [-0.2, -0.15) is 0 Å². The van der Waals surface area contributed by atoms with E-state index in [0.29, 0.717) is 5.75 Å². The molecule has 8 heteroatoms. The Kier molecular flexibility index (Phi) is 7.03. The first-order chi connectivity index (χ1) is 17.1. The number of fused-ring (bicyclic) bond motifs is 1. The van der Waals surface area contributed by atoms with E-state index < -0.39 is 18.1 Å². The molecule has 2 aromatic carbocycles. The SMILES string of the molecule is NC1C(=O)N2C(C(=O)OC(c3ccccc3)c3ccccc3)=C(S/C=C/c3ccccn3)CS[C@H]12. The van der Waals surface area contributed by atoms with Gasteiger partial charge in [0.2, 0.25) is 5.91 Å². The number of esters is 1. The maximum absolute atomic E-state index is 13.7. The number of thioether (sulfide) groups is 2. The van der Waals surface area contributed by atoms with Crippen molar-refractivity contribution < 1.29 is 14.3 Å². The number of amides is 1. The first kappa shape index (κ1) is 23.4. The van der Waals surface area contributed by atoms with Crippen LogP contribution in [0.4, 0.5) is 0 Å². The lowest BCUT2D eigenvalue weighted by atomic mass is 10.0. The summed E-state index contributed by atoms with van der Waals surface area (Å²) in [5.41, 5.74) is 8.81. The van der Waals surface area contributed by atoms with Crippen LogP contribution in [0.3, 0.4) is 0 Å². The summed E-state index contributed by atoms with van der Waals surface area (Å²) in [5.74, 6) is -0.246. The Morgan fingerprint density at radius 3 is 2.34 bits per heavy atom. The minimum absolute atomic E-state index is 0.263. The minimum atomic E-state index is -0.613. The Labute approximate surface area is 212 Å². The van der Waals surface area contributed by atoms with Crippen molar-refractivity contribution in [3.05, 3.63) is 118 Å². The highest BCUT2D eigenvalue weighted by molar-refractivity contribution is 8.08. The maximum Gasteiger partial charge on any atom is 0.356 e. The smallest absolute Gasteiger partial charge is 0.356 e. The van der Waals surface area contributed by atoms with E-state index in [1.54, 1.807) is 18.0 Å². The summed E-state index contributed by atoms with van der Waals surface area (Å²) in [6.07, 6.45) is 2.99. The van der Waals surface area contributed by atoms with E-state index in [-0.39, 0.29) is 17.0 Å². The van der Waals surface area contributed by atoms with Gasteiger partial charge in [-0.05, 0) is 34.7 Å². The number of hydrogen-bond acceptors (Lipinski definition) is 7. The van der Waals surface area contributed by atoms with Gasteiger partial charge in [0.05, 0.1) is 5.69 Å². The van der Waals surface area contributed by atoms with E-state index in [1.165, 1.54) is 16.7 Å². The Morgan fingerprint density at radius 1 is 1.06 bits per heavy atom. The fraction of sp³-hybridized carbons (Fsp3) is 0.148. The predicted molar refractivity (Wildman–Crippen MR) is 140 cm³/mol. The topological polar surface area (TPSA) is 85.5 Å². The molecule has 1 aromatic heterocycles. The number of rotatable bonds is 7. The number of carbonyl (C=O) groups excluding carboxylic acids is 2. The monoisotopic (exact) mass is 501 g/mol. The molecule has 6 nitrogen and oxygen atoms in total. The van der Waals surface area contributed by atoms with Gasteiger partial charge in [-0.15, -0.1) is 11.8 Å². The second kappa shape index (κ2) is 10.5. The van der Waals surface area contributed by atoms with Gasteiger partial charge in [-0.1, -0.05) is 78.5 Å². The zero-order valence-corrected chi connectivity index (χ0v) is 20.3. The van der Waals surface area contributed by atoms with E-state index in [9.17, 15) is 9.59 Å². The molecule has 176 valence electrons. The van der Waals surface area contributed by atoms with E-state index in [1.807, 2.05) is 90.3 Å². The number of β-lactam (4-membered cyclic amide) rings is 1. The normalized spacial score (nSPS) is 19.6. The Balaban J connectivity index is 1.46. The second-order valence-electron chi connectivity index (χ2n) is 7.99. The van der Waals surface area contributed by atoms with Crippen molar-refractivity contribution in [2.45, 2.75) is 17.5 Å². The van der Waals surface area contributed by atoms with Crippen LogP contribution in [-0.2, 0) is 14.3 Å². The molecule has 0 bridgehead atoms. The van der Waals surface area contributed by atoms with Gasteiger partial charge in [0, 0.05) is 16.9 Å². The molecule has 1 amide bonds. The van der Waals surface area contributed by atoms with Crippen LogP contribution in [0.25, 0.3) is 6.08 Å². The highest BCUT2D eigenvalue weighted by Crippen LogP contribution is 2.44. The van der Waals surface area contributed by atoms with Crippen molar-refractivity contribution in [2.24, 2.45) is 5.73 Å². The Morgan fingerprint density at radius 2 is 1.71 bits per heavy atom. The number of carbonyl (C=O) groups is 2. The van der Waals surface area contributed by atoms with Gasteiger partial charge in [0.15, 0.2) is 6.10 Å². The van der Waals surface area contributed by atoms with Crippen molar-refractivity contribution in [3.63, 3.8) is 0 Å². The van der Waals surface area contributed by atoms with Crippen molar-refractivity contribution in [1.29, 1.82) is 0 Å². The molecule has 5 rings (SSSR count). The maximum atomic E-state index is 13.7. The first-order valence-corrected chi connectivity index (χ1v) is 13.0. The van der Waals surface area contributed by atoms with Crippen LogP contribution in [0, 0.1) is 0 Å². The Bertz CT molecular complexity index is 1230. The molecule has 0 aliphatic carbocycles. The summed E-state index contributed by atoms with van der Waals surface area (Å²) in [6, 6.07) is 24.2. The van der Waals surface area contributed by atoms with E-state index in [0.717, 1.165) is 21.7 Å². The first-order valence-electron chi connectivity index (χ1n) is 11.1. The third-order valence-electron chi connectivity index (χ3n) is 5.73. The number of aromatic nitrogens is 1. The summed E-state index contributed by atoms with van der Waals surface area (Å²) >= 11 is 2.95. The van der Waals surface area contributed by atoms with Gasteiger partial charge < -0.3 is 10.5 Å². The molecule has 2 N–H and O–H groups in total. The quantitative estimate of drug-likeness (QED) is 0.375. The molecule has 3 heterocycles. The summed E-state index contributed by atoms with van der Waals surface area (Å²) < 4.78 is 6.10. The van der Waals surface area contributed by atoms with Crippen LogP contribution in [-0.4, -0.2) is 38.9 Å². The molecule has 3 aromatic rings. The number of pyridine rings is 1. The van der Waals surface area contributed by atoms with E-state index in [4.69, 9.17) is 10.5 Å². The van der Waals surface area contributed by atoms with Crippen LogP contribution >= 0.6 is 23.5 Å². The van der Waals surface area contributed by atoms with Crippen molar-refractivity contribution in [1.82, 2.24) is 9.88 Å². The van der Waals surface area contributed by atoms with Crippen LogP contribution < -0.4 is 5.73 Å². The summed E-state index contributed by atoms with van der Waals surface area (Å²) in [5, 5.41) is 1.61. The molecule has 2 atom stereocenters. The van der Waals surface area contributed by atoms with Gasteiger partial charge in [0.1, 0.15) is 17.1 Å². The van der Waals surface area contributed by atoms with Crippen LogP contribution in [0.2, 0.25) is 0 Å². The van der Waals surface area contributed by atoms with Crippen LogP contribution in [0.1, 0.15) is 22.9 Å². The van der Waals surface area contributed by atoms with Crippen molar-refractivity contribution >= 4 is 41.5 Å². The van der Waals surface area contributed by atoms with Crippen molar-refractivity contribution in [2.75, 3.05) is 5.75 Å². The molecule has 0 saturated carbocycles. The summed E-state index contributed by atoms with van der Waals surface area (Å²) in [7, 11) is 0. The van der Waals surface area contributed by atoms with Crippen LogP contribution in [0.5, 0.6) is 0 Å². The Hall–Kier alpha value is -3.33. The fourth-order valence-corrected chi connectivity index (χ4v) is 6.26. The largest absolute Gasteiger partial charge is 0.448 e. The summed E-state index contributed by atoms with van der Waals surface area (Å²) in [4.78, 5) is 32.9. The number of nitrogens with zero attached hydrogens (tertiary/aromatic N) is 2. The lowest BCUT2D eigenvalue weighted by Gasteiger charge is -2.48. The fourth-order valence-electron chi connectivity index (χ4n) is 3.98. The third kappa shape index (κ3) is 4.91. The lowest BCUT2D eigenvalue weighted by Crippen LogP contribution is -2.68. The lowest BCUT2D eigenvalue weighted by molar-refractivity contribution is -0.152. The molecule has 0 spiro atoms. The second-order valence-corrected chi connectivity index (χ2v) is 10.1. The number of ether oxygens (including phenoxy) is 1. The third-order valence-corrected chi connectivity index (χ3v) is 8.11. The van der Waals surface area contributed by atoms with E-state index in [2.05, 4.69) is 4.98 Å². The molecule has 35 heavy (non-hydrogen) atoms. The standard InChI is InChI=1S/C27H23N3O3S2/c28-22-25(31)30-23(21(17-35-26(22)30)34-16-14-20-13-7-8-15-29-20)27(32)33-24(18-9-3-1-4-10-18)19-11-5-2-6-12-19/h1-16,22,24,26H,17,28H2/b16-14+/t22?,26-/m1/s1. The highest BCUT2D eigenvalue weighted by atomic mass is 32.2. The minimum Gasteiger partial charge on any atom is -0.448 e. The molecule has 1 unspecified atom stereocenters. The highest BCUT2D eigenvalue weighted by Gasteiger charge is 2.52. The zero-order chi connectivity index (χ0) is 24.2. The molecule has 0 radical (unpaired) electrons. The number of nitrogens with two attached hydrogens (primary N) is 1. The van der Waals surface area contributed by atoms with Gasteiger partial charge in [0.25, 0.3) is 0 Å². The molecular weight excluding hydrogens is 478 g/mol. The predicted octanol–water partition coefficient (Wildman–Crippen LogP) is 4.57. The number of benzene rings is 2. The molecule has 2 aliphatic heterocycles. The van der Waals surface area contributed by atoms with Gasteiger partial charge >= 0.3 is 5.97 Å². The van der Waals surface area contributed by atoms with E-state index >= 15 is 0 Å². The average molecular weight is 502 g/mol. The van der Waals surface area contributed by atoms with Gasteiger partial charge in [-0.3, -0.25) is 14.7 Å². The van der Waals surface area contributed by atoms with Crippen molar-refractivity contribution in [3.8, 4) is 0 Å². The van der Waals surface area contributed by atoms with Crippen LogP contribution in [0.15, 0.2) is 101 Å². The molecule has 1 fully saturated rings. The number of hydrogen-bond donors (Lipinski definition) is 1.